The minimum absolute atomic E-state index is 0.0557. The normalized spacial score (nSPS) is 15.2. The van der Waals surface area contributed by atoms with E-state index in [-0.39, 0.29) is 17.9 Å². The predicted octanol–water partition coefficient (Wildman–Crippen LogP) is 5.60. The van der Waals surface area contributed by atoms with E-state index in [1.165, 1.54) is 12.7 Å². The number of carbonyl (C=O) groups is 2. The second-order valence-electron chi connectivity index (χ2n) is 9.12. The van der Waals surface area contributed by atoms with Crippen molar-refractivity contribution in [1.29, 1.82) is 0 Å². The van der Waals surface area contributed by atoms with Crippen LogP contribution in [-0.2, 0) is 9.53 Å². The smallest absolute Gasteiger partial charge is 0.337 e. The molecule has 6 nitrogen and oxygen atoms in total. The van der Waals surface area contributed by atoms with Gasteiger partial charge in [-0.1, -0.05) is 35.9 Å². The van der Waals surface area contributed by atoms with Crippen molar-refractivity contribution >= 4 is 23.1 Å². The summed E-state index contributed by atoms with van der Waals surface area (Å²) in [6.45, 7) is 1.73. The van der Waals surface area contributed by atoms with Gasteiger partial charge in [0.2, 0.25) is 0 Å². The number of hydrogen-bond donors (Lipinski definition) is 1. The molecule has 2 fully saturated rings. The number of methoxy groups -OCH3 is 1. The fourth-order valence-electron chi connectivity index (χ4n) is 4.62. The summed E-state index contributed by atoms with van der Waals surface area (Å²) in [5.74, 6) is 0.904. The quantitative estimate of drug-likeness (QED) is 0.351. The molecule has 0 radical (unpaired) electrons. The molecule has 0 spiro atoms. The lowest BCUT2D eigenvalue weighted by Gasteiger charge is -2.27. The SMILES string of the molecule is COC(=O)c1ccc(Oc2cccc(C(C(=O)N(c3ccccc3)C3CC3)=C3CCNCC3)c2)cc1. The number of anilines is 1. The minimum Gasteiger partial charge on any atom is -0.465 e. The summed E-state index contributed by atoms with van der Waals surface area (Å²) in [5.41, 5.74) is 4.22. The second kappa shape index (κ2) is 10.8. The number of rotatable bonds is 7. The zero-order chi connectivity index (χ0) is 24.9. The molecular formula is C30H30N2O4. The van der Waals surface area contributed by atoms with Gasteiger partial charge in [-0.05, 0) is 92.9 Å². The maximum atomic E-state index is 14.2. The predicted molar refractivity (Wildman–Crippen MR) is 140 cm³/mol. The third kappa shape index (κ3) is 5.34. The van der Waals surface area contributed by atoms with E-state index in [2.05, 4.69) is 5.32 Å². The molecule has 1 aliphatic heterocycles. The van der Waals surface area contributed by atoms with Crippen molar-refractivity contribution in [2.24, 2.45) is 0 Å². The summed E-state index contributed by atoms with van der Waals surface area (Å²) in [5, 5.41) is 3.40. The molecule has 1 N–H and O–H groups in total. The van der Waals surface area contributed by atoms with Crippen molar-refractivity contribution in [3.8, 4) is 11.5 Å². The molecule has 36 heavy (non-hydrogen) atoms. The van der Waals surface area contributed by atoms with Gasteiger partial charge in [-0.15, -0.1) is 0 Å². The van der Waals surface area contributed by atoms with E-state index in [9.17, 15) is 9.59 Å². The number of nitrogens with zero attached hydrogens (tertiary/aromatic N) is 1. The maximum absolute atomic E-state index is 14.2. The molecule has 0 unspecified atom stereocenters. The van der Waals surface area contributed by atoms with Crippen molar-refractivity contribution < 1.29 is 19.1 Å². The van der Waals surface area contributed by atoms with Gasteiger partial charge < -0.3 is 19.7 Å². The minimum atomic E-state index is -0.390. The summed E-state index contributed by atoms with van der Waals surface area (Å²) >= 11 is 0. The number of esters is 1. The molecule has 1 amide bonds. The monoisotopic (exact) mass is 482 g/mol. The fourth-order valence-corrected chi connectivity index (χ4v) is 4.62. The van der Waals surface area contributed by atoms with Crippen molar-refractivity contribution in [2.45, 2.75) is 31.7 Å². The summed E-state index contributed by atoms with van der Waals surface area (Å²) in [4.78, 5) is 27.9. The first-order chi connectivity index (χ1) is 17.6. The lowest BCUT2D eigenvalue weighted by molar-refractivity contribution is -0.113. The highest BCUT2D eigenvalue weighted by Gasteiger charge is 2.36. The molecule has 0 atom stereocenters. The van der Waals surface area contributed by atoms with Gasteiger partial charge in [0, 0.05) is 17.3 Å². The Hall–Kier alpha value is -3.90. The molecule has 6 heteroatoms. The first kappa shape index (κ1) is 23.8. The van der Waals surface area contributed by atoms with E-state index in [0.29, 0.717) is 17.1 Å². The Morgan fingerprint density at radius 3 is 2.22 bits per heavy atom. The van der Waals surface area contributed by atoms with E-state index in [0.717, 1.165) is 55.6 Å². The largest absolute Gasteiger partial charge is 0.465 e. The highest BCUT2D eigenvalue weighted by atomic mass is 16.5. The number of amides is 1. The average molecular weight is 483 g/mol. The van der Waals surface area contributed by atoms with Crippen LogP contribution in [0.15, 0.2) is 84.4 Å². The van der Waals surface area contributed by atoms with Gasteiger partial charge >= 0.3 is 5.97 Å². The van der Waals surface area contributed by atoms with Crippen LogP contribution in [0.25, 0.3) is 5.57 Å². The van der Waals surface area contributed by atoms with E-state index in [1.807, 2.05) is 59.5 Å². The van der Waals surface area contributed by atoms with Crippen LogP contribution in [0.4, 0.5) is 5.69 Å². The Kier molecular flexibility index (Phi) is 7.14. The topological polar surface area (TPSA) is 67.9 Å². The van der Waals surface area contributed by atoms with Crippen molar-refractivity contribution in [3.05, 3.63) is 95.6 Å². The second-order valence-corrected chi connectivity index (χ2v) is 9.12. The summed E-state index contributed by atoms with van der Waals surface area (Å²) in [6.07, 6.45) is 3.73. The van der Waals surface area contributed by atoms with Crippen LogP contribution in [0.1, 0.15) is 41.6 Å². The van der Waals surface area contributed by atoms with Crippen LogP contribution >= 0.6 is 0 Å². The molecule has 0 bridgehead atoms. The molecule has 3 aromatic rings. The zero-order valence-electron chi connectivity index (χ0n) is 20.4. The van der Waals surface area contributed by atoms with E-state index in [1.54, 1.807) is 24.3 Å². The summed E-state index contributed by atoms with van der Waals surface area (Å²) in [7, 11) is 1.36. The van der Waals surface area contributed by atoms with Gasteiger partial charge in [-0.25, -0.2) is 4.79 Å². The van der Waals surface area contributed by atoms with Crippen LogP contribution in [0.2, 0.25) is 0 Å². The molecule has 1 saturated heterocycles. The molecule has 1 heterocycles. The van der Waals surface area contributed by atoms with Crippen LogP contribution in [-0.4, -0.2) is 38.1 Å². The van der Waals surface area contributed by atoms with Gasteiger partial charge in [0.25, 0.3) is 5.91 Å². The van der Waals surface area contributed by atoms with Gasteiger partial charge in [0.05, 0.1) is 12.7 Å². The molecule has 5 rings (SSSR count). The number of carbonyl (C=O) groups excluding carboxylic acids is 2. The third-order valence-electron chi connectivity index (χ3n) is 6.57. The standard InChI is InChI=1S/C30H30N2O4/c1-35-30(34)22-10-14-26(15-11-22)36-27-9-5-6-23(20-27)28(21-16-18-31-19-17-21)29(33)32(25-12-13-25)24-7-3-2-4-8-24/h2-11,14-15,20,25,31H,12-13,16-19H2,1H3. The van der Waals surface area contributed by atoms with Gasteiger partial charge in [-0.2, -0.15) is 0 Å². The number of para-hydroxylation sites is 1. The van der Waals surface area contributed by atoms with E-state index in [4.69, 9.17) is 9.47 Å². The Labute approximate surface area is 211 Å². The van der Waals surface area contributed by atoms with Gasteiger partial charge in [0.15, 0.2) is 0 Å². The molecule has 2 aliphatic rings. The van der Waals surface area contributed by atoms with Crippen molar-refractivity contribution in [1.82, 2.24) is 5.32 Å². The third-order valence-corrected chi connectivity index (χ3v) is 6.57. The lowest BCUT2D eigenvalue weighted by atomic mass is 9.92. The van der Waals surface area contributed by atoms with Crippen LogP contribution in [0.3, 0.4) is 0 Å². The Morgan fingerprint density at radius 2 is 1.56 bits per heavy atom. The Bertz CT molecular complexity index is 1260. The van der Waals surface area contributed by atoms with Crippen molar-refractivity contribution in [2.75, 3.05) is 25.1 Å². The van der Waals surface area contributed by atoms with Crippen molar-refractivity contribution in [3.63, 3.8) is 0 Å². The number of benzene rings is 3. The van der Waals surface area contributed by atoms with Crippen LogP contribution in [0.5, 0.6) is 11.5 Å². The maximum Gasteiger partial charge on any atom is 0.337 e. The Morgan fingerprint density at radius 1 is 0.833 bits per heavy atom. The zero-order valence-corrected chi connectivity index (χ0v) is 20.4. The molecule has 1 saturated carbocycles. The van der Waals surface area contributed by atoms with E-state index >= 15 is 0 Å². The lowest BCUT2D eigenvalue weighted by Crippen LogP contribution is -2.35. The number of piperidine rings is 1. The first-order valence-electron chi connectivity index (χ1n) is 12.4. The Balaban J connectivity index is 1.47. The van der Waals surface area contributed by atoms with Crippen LogP contribution < -0.4 is 15.0 Å². The van der Waals surface area contributed by atoms with Gasteiger partial charge in [-0.3, -0.25) is 4.79 Å². The fraction of sp³-hybridized carbons (Fsp3) is 0.267. The number of ether oxygens (including phenoxy) is 2. The summed E-state index contributed by atoms with van der Waals surface area (Å²) in [6, 6.07) is 24.7. The van der Waals surface area contributed by atoms with E-state index < -0.39 is 0 Å². The highest BCUT2D eigenvalue weighted by Crippen LogP contribution is 2.37. The highest BCUT2D eigenvalue weighted by molar-refractivity contribution is 6.27. The number of nitrogens with one attached hydrogen (secondary N) is 1. The molecule has 0 aromatic heterocycles. The molecule has 1 aliphatic carbocycles. The molecule has 184 valence electrons. The summed E-state index contributed by atoms with van der Waals surface area (Å²) < 4.78 is 10.9. The average Bonchev–Trinajstić information content (AvgIpc) is 3.76. The molecule has 3 aromatic carbocycles. The van der Waals surface area contributed by atoms with Crippen LogP contribution in [0, 0.1) is 0 Å². The van der Waals surface area contributed by atoms with Gasteiger partial charge in [0.1, 0.15) is 11.5 Å². The number of hydrogen-bond acceptors (Lipinski definition) is 5. The first-order valence-corrected chi connectivity index (χ1v) is 12.4. The molecular weight excluding hydrogens is 452 g/mol.